The maximum Gasteiger partial charge on any atom is 0.250 e. The fourth-order valence-electron chi connectivity index (χ4n) is 1.92. The summed E-state index contributed by atoms with van der Waals surface area (Å²) in [4.78, 5) is 11.3. The zero-order valence-corrected chi connectivity index (χ0v) is 8.82. The largest absolute Gasteiger partial charge is 0.316 e. The number of pyridine rings is 1. The van der Waals surface area contributed by atoms with Gasteiger partial charge in [0.2, 0.25) is 0 Å². The predicted octanol–water partition coefficient (Wildman–Crippen LogP) is 1.23. The molecular weight excluding hydrogens is 195 g/mol. The molecule has 0 amide bonds. The minimum atomic E-state index is 0.0296. The number of aromatic nitrogens is 1. The Kier molecular flexibility index (Phi) is 2.86. The lowest BCUT2D eigenvalue weighted by molar-refractivity contribution is -0.0767. The molecule has 0 saturated carbocycles. The van der Waals surface area contributed by atoms with Gasteiger partial charge in [-0.15, -0.1) is 9.60 Å². The van der Waals surface area contributed by atoms with Crippen molar-refractivity contribution in [2.45, 2.75) is 19.9 Å². The molecular formula is C11H15FN2O. The average molecular weight is 210 g/mol. The van der Waals surface area contributed by atoms with E-state index in [0.717, 1.165) is 17.1 Å². The lowest BCUT2D eigenvalue weighted by atomic mass is 9.95. The topological polar surface area (TPSA) is 25.2 Å². The van der Waals surface area contributed by atoms with E-state index in [-0.39, 0.29) is 5.56 Å². The Morgan fingerprint density at radius 1 is 1.47 bits per heavy atom. The van der Waals surface area contributed by atoms with Gasteiger partial charge in [-0.1, -0.05) is 6.07 Å². The van der Waals surface area contributed by atoms with Gasteiger partial charge in [-0.3, -0.25) is 4.79 Å². The Labute approximate surface area is 88.1 Å². The van der Waals surface area contributed by atoms with Gasteiger partial charge >= 0.3 is 0 Å². The first-order chi connectivity index (χ1) is 7.19. The Morgan fingerprint density at radius 3 is 2.80 bits per heavy atom. The molecule has 0 N–H and O–H groups in total. The number of aryl methyl sites for hydroxylation is 1. The highest BCUT2D eigenvalue weighted by Crippen LogP contribution is 2.19. The molecule has 3 nitrogen and oxygen atoms in total. The molecule has 1 aliphatic heterocycles. The smallest absolute Gasteiger partial charge is 0.250 e. The Hall–Kier alpha value is -1.16. The number of nitrogens with zero attached hydrogens (tertiary/aromatic N) is 2. The second-order valence-electron chi connectivity index (χ2n) is 4.06. The molecule has 0 radical (unpaired) electrons. The van der Waals surface area contributed by atoms with Crippen molar-refractivity contribution in [3.63, 3.8) is 0 Å². The van der Waals surface area contributed by atoms with Gasteiger partial charge < -0.3 is 4.57 Å². The number of rotatable bonds is 3. The molecule has 0 aliphatic carbocycles. The summed E-state index contributed by atoms with van der Waals surface area (Å²) in [6, 6.07) is 3.43. The molecule has 1 aromatic rings. The van der Waals surface area contributed by atoms with Crippen molar-refractivity contribution in [1.29, 1.82) is 0 Å². The molecule has 2 rings (SSSR count). The minimum Gasteiger partial charge on any atom is -0.316 e. The number of halogens is 1. The Morgan fingerprint density at radius 2 is 2.20 bits per heavy atom. The van der Waals surface area contributed by atoms with Crippen LogP contribution in [-0.4, -0.2) is 22.8 Å². The molecule has 4 heteroatoms. The first kappa shape index (κ1) is 10.4. The van der Waals surface area contributed by atoms with E-state index in [1.165, 1.54) is 0 Å². The normalized spacial score (nSPS) is 17.7. The maximum absolute atomic E-state index is 12.5. The van der Waals surface area contributed by atoms with Crippen LogP contribution in [0.4, 0.5) is 4.48 Å². The van der Waals surface area contributed by atoms with Crippen molar-refractivity contribution in [3.8, 4) is 0 Å². The highest BCUT2D eigenvalue weighted by Gasteiger charge is 2.26. The first-order valence-corrected chi connectivity index (χ1v) is 5.29. The van der Waals surface area contributed by atoms with E-state index >= 15 is 0 Å². The van der Waals surface area contributed by atoms with E-state index in [0.29, 0.717) is 25.6 Å². The first-order valence-electron chi connectivity index (χ1n) is 5.29. The molecule has 0 atom stereocenters. The molecule has 0 bridgehead atoms. The Bertz CT molecular complexity index is 396. The van der Waals surface area contributed by atoms with Crippen LogP contribution >= 0.6 is 0 Å². The SMILES string of the molecule is CCn1cc(CC2CN(F)C2)ccc1=O. The summed E-state index contributed by atoms with van der Waals surface area (Å²) in [6.45, 7) is 3.67. The van der Waals surface area contributed by atoms with Crippen LogP contribution in [0.5, 0.6) is 0 Å². The molecule has 1 aliphatic rings. The molecule has 0 aromatic carbocycles. The van der Waals surface area contributed by atoms with Gasteiger partial charge in [0, 0.05) is 31.9 Å². The maximum atomic E-state index is 12.5. The average Bonchev–Trinajstić information content (AvgIpc) is 2.18. The molecule has 15 heavy (non-hydrogen) atoms. The van der Waals surface area contributed by atoms with Crippen molar-refractivity contribution in [2.75, 3.05) is 13.1 Å². The van der Waals surface area contributed by atoms with Gasteiger partial charge in [0.05, 0.1) is 0 Å². The van der Waals surface area contributed by atoms with Gasteiger partial charge in [-0.05, 0) is 24.8 Å². The third-order valence-corrected chi connectivity index (χ3v) is 2.82. The van der Waals surface area contributed by atoms with Crippen molar-refractivity contribution < 1.29 is 4.48 Å². The van der Waals surface area contributed by atoms with Gasteiger partial charge in [-0.2, -0.15) is 0 Å². The lowest BCUT2D eigenvalue weighted by Gasteiger charge is -2.31. The second kappa shape index (κ2) is 4.14. The van der Waals surface area contributed by atoms with Crippen LogP contribution in [0.2, 0.25) is 0 Å². The quantitative estimate of drug-likeness (QED) is 0.701. The van der Waals surface area contributed by atoms with Crippen LogP contribution in [0.1, 0.15) is 12.5 Å². The fourth-order valence-corrected chi connectivity index (χ4v) is 1.92. The van der Waals surface area contributed by atoms with Crippen LogP contribution in [0.3, 0.4) is 0 Å². The van der Waals surface area contributed by atoms with Crippen LogP contribution in [-0.2, 0) is 13.0 Å². The molecule has 0 spiro atoms. The summed E-state index contributed by atoms with van der Waals surface area (Å²) < 4.78 is 14.1. The van der Waals surface area contributed by atoms with Crippen molar-refractivity contribution >= 4 is 0 Å². The second-order valence-corrected chi connectivity index (χ2v) is 4.06. The van der Waals surface area contributed by atoms with E-state index < -0.39 is 0 Å². The van der Waals surface area contributed by atoms with E-state index in [4.69, 9.17) is 0 Å². The van der Waals surface area contributed by atoms with E-state index in [1.54, 1.807) is 10.6 Å². The van der Waals surface area contributed by atoms with Crippen LogP contribution in [0.25, 0.3) is 0 Å². The van der Waals surface area contributed by atoms with Crippen LogP contribution in [0.15, 0.2) is 23.1 Å². The summed E-state index contributed by atoms with van der Waals surface area (Å²) >= 11 is 0. The van der Waals surface area contributed by atoms with Gasteiger partial charge in [0.1, 0.15) is 0 Å². The summed E-state index contributed by atoms with van der Waals surface area (Å²) in [5.74, 6) is 0.401. The van der Waals surface area contributed by atoms with Gasteiger partial charge in [0.15, 0.2) is 0 Å². The van der Waals surface area contributed by atoms with E-state index in [9.17, 15) is 9.28 Å². The fraction of sp³-hybridized carbons (Fsp3) is 0.545. The van der Waals surface area contributed by atoms with E-state index in [1.807, 2.05) is 19.2 Å². The van der Waals surface area contributed by atoms with Gasteiger partial charge in [-0.25, -0.2) is 0 Å². The third kappa shape index (κ3) is 2.26. The predicted molar refractivity (Wildman–Crippen MR) is 56.3 cm³/mol. The molecule has 1 saturated heterocycles. The highest BCUT2D eigenvalue weighted by atomic mass is 19.2. The Balaban J connectivity index is 2.05. The zero-order chi connectivity index (χ0) is 10.8. The van der Waals surface area contributed by atoms with Crippen LogP contribution in [0, 0.1) is 5.92 Å². The van der Waals surface area contributed by atoms with Crippen molar-refractivity contribution in [3.05, 3.63) is 34.2 Å². The van der Waals surface area contributed by atoms with Crippen LogP contribution < -0.4 is 5.56 Å². The molecule has 2 heterocycles. The van der Waals surface area contributed by atoms with Crippen molar-refractivity contribution in [2.24, 2.45) is 5.92 Å². The number of hydrogen-bond donors (Lipinski definition) is 0. The van der Waals surface area contributed by atoms with Gasteiger partial charge in [0.25, 0.3) is 5.56 Å². The number of hydrogen-bond acceptors (Lipinski definition) is 2. The highest BCUT2D eigenvalue weighted by molar-refractivity contribution is 5.11. The summed E-state index contributed by atoms with van der Waals surface area (Å²) in [5, 5.41) is 0.820. The molecule has 1 fully saturated rings. The molecule has 82 valence electrons. The standard InChI is InChI=1S/C11H15FN2O/c1-2-13-6-9(3-4-11(13)15)5-10-7-14(12)8-10/h3-4,6,10H,2,5,7-8H2,1H3. The monoisotopic (exact) mass is 210 g/mol. The minimum absolute atomic E-state index is 0.0296. The molecule has 0 unspecified atom stereocenters. The zero-order valence-electron chi connectivity index (χ0n) is 8.82. The third-order valence-electron chi connectivity index (χ3n) is 2.82. The van der Waals surface area contributed by atoms with Crippen molar-refractivity contribution in [1.82, 2.24) is 9.69 Å². The molecule has 1 aromatic heterocycles. The lowest BCUT2D eigenvalue weighted by Crippen LogP contribution is -2.42. The summed E-state index contributed by atoms with van der Waals surface area (Å²) in [7, 11) is 0. The summed E-state index contributed by atoms with van der Waals surface area (Å²) in [5.41, 5.74) is 1.15. The van der Waals surface area contributed by atoms with E-state index in [2.05, 4.69) is 0 Å². The summed E-state index contributed by atoms with van der Waals surface area (Å²) in [6.07, 6.45) is 2.74.